The standard InChI is InChI=1S/C15H18FN3O2/c16-11-4-1-2-5-12(11)18-15(21)19-9-3-6-13(19)14(20)17-10-7-8-10/h1-2,4-5,10,13H,3,6-9H2,(H,17,20)(H,18,21). The van der Waals surface area contributed by atoms with E-state index in [4.69, 9.17) is 0 Å². The lowest BCUT2D eigenvalue weighted by atomic mass is 10.2. The zero-order chi connectivity index (χ0) is 14.8. The van der Waals surface area contributed by atoms with Gasteiger partial charge in [0.1, 0.15) is 11.9 Å². The van der Waals surface area contributed by atoms with Crippen molar-refractivity contribution >= 4 is 17.6 Å². The molecular weight excluding hydrogens is 273 g/mol. The van der Waals surface area contributed by atoms with Gasteiger partial charge in [-0.2, -0.15) is 0 Å². The molecule has 21 heavy (non-hydrogen) atoms. The fourth-order valence-electron chi connectivity index (χ4n) is 2.56. The number of halogens is 1. The summed E-state index contributed by atoms with van der Waals surface area (Å²) in [6, 6.07) is 5.41. The predicted molar refractivity (Wildman–Crippen MR) is 76.3 cm³/mol. The molecule has 0 spiro atoms. The lowest BCUT2D eigenvalue weighted by Crippen LogP contribution is -2.48. The summed E-state index contributed by atoms with van der Waals surface area (Å²) in [4.78, 5) is 25.9. The van der Waals surface area contributed by atoms with Crippen LogP contribution in [0.25, 0.3) is 0 Å². The third-order valence-electron chi connectivity index (χ3n) is 3.86. The third-order valence-corrected chi connectivity index (χ3v) is 3.86. The Morgan fingerprint density at radius 3 is 2.67 bits per heavy atom. The Hall–Kier alpha value is -2.11. The van der Waals surface area contributed by atoms with E-state index in [0.717, 1.165) is 19.3 Å². The molecule has 1 aliphatic carbocycles. The van der Waals surface area contributed by atoms with Gasteiger partial charge < -0.3 is 15.5 Å². The Morgan fingerprint density at radius 1 is 1.19 bits per heavy atom. The molecular formula is C15H18FN3O2. The van der Waals surface area contributed by atoms with Gasteiger partial charge in [-0.3, -0.25) is 4.79 Å². The van der Waals surface area contributed by atoms with Crippen molar-refractivity contribution in [1.29, 1.82) is 0 Å². The maximum Gasteiger partial charge on any atom is 0.322 e. The van der Waals surface area contributed by atoms with Crippen LogP contribution >= 0.6 is 0 Å². The van der Waals surface area contributed by atoms with Gasteiger partial charge in [-0.05, 0) is 37.8 Å². The molecule has 6 heteroatoms. The van der Waals surface area contributed by atoms with Gasteiger partial charge in [0.15, 0.2) is 0 Å². The van der Waals surface area contributed by atoms with E-state index in [1.54, 1.807) is 12.1 Å². The summed E-state index contributed by atoms with van der Waals surface area (Å²) in [6.07, 6.45) is 3.47. The first kappa shape index (κ1) is 13.9. The normalized spacial score (nSPS) is 21.2. The van der Waals surface area contributed by atoms with Crippen LogP contribution in [0.15, 0.2) is 24.3 Å². The van der Waals surface area contributed by atoms with Crippen molar-refractivity contribution in [2.75, 3.05) is 11.9 Å². The fourth-order valence-corrected chi connectivity index (χ4v) is 2.56. The number of anilines is 1. The van der Waals surface area contributed by atoms with Crippen molar-refractivity contribution in [3.05, 3.63) is 30.1 Å². The summed E-state index contributed by atoms with van der Waals surface area (Å²) in [5.41, 5.74) is 0.135. The number of nitrogens with zero attached hydrogens (tertiary/aromatic N) is 1. The molecule has 112 valence electrons. The number of hydrogen-bond donors (Lipinski definition) is 2. The van der Waals surface area contributed by atoms with Crippen LogP contribution in [0.2, 0.25) is 0 Å². The second-order valence-corrected chi connectivity index (χ2v) is 5.54. The number of likely N-dealkylation sites (tertiary alicyclic amines) is 1. The molecule has 2 aliphatic rings. The van der Waals surface area contributed by atoms with Crippen molar-refractivity contribution < 1.29 is 14.0 Å². The maximum atomic E-state index is 13.6. The van der Waals surface area contributed by atoms with Crippen LogP contribution < -0.4 is 10.6 Å². The van der Waals surface area contributed by atoms with Gasteiger partial charge in [0.2, 0.25) is 5.91 Å². The van der Waals surface area contributed by atoms with Crippen LogP contribution in [0.5, 0.6) is 0 Å². The first-order valence-electron chi connectivity index (χ1n) is 7.27. The van der Waals surface area contributed by atoms with Gasteiger partial charge in [0, 0.05) is 12.6 Å². The van der Waals surface area contributed by atoms with Crippen molar-refractivity contribution in [1.82, 2.24) is 10.2 Å². The number of carbonyl (C=O) groups is 2. The van der Waals surface area contributed by atoms with Crippen molar-refractivity contribution in [2.45, 2.75) is 37.8 Å². The molecule has 1 aromatic carbocycles. The molecule has 0 bridgehead atoms. The molecule has 1 aliphatic heterocycles. The summed E-state index contributed by atoms with van der Waals surface area (Å²) in [5.74, 6) is -0.581. The third kappa shape index (κ3) is 3.15. The summed E-state index contributed by atoms with van der Waals surface area (Å²) in [5, 5.41) is 5.46. The fraction of sp³-hybridized carbons (Fsp3) is 0.467. The molecule has 1 aromatic rings. The molecule has 3 amide bonds. The highest BCUT2D eigenvalue weighted by atomic mass is 19.1. The van der Waals surface area contributed by atoms with Gasteiger partial charge in [-0.15, -0.1) is 0 Å². The molecule has 1 unspecified atom stereocenters. The zero-order valence-electron chi connectivity index (χ0n) is 11.6. The quantitative estimate of drug-likeness (QED) is 0.896. The number of amides is 3. The molecule has 0 aromatic heterocycles. The number of rotatable bonds is 3. The summed E-state index contributed by atoms with van der Waals surface area (Å²) < 4.78 is 13.6. The van der Waals surface area contributed by atoms with Crippen LogP contribution in [0.3, 0.4) is 0 Å². The number of hydrogen-bond acceptors (Lipinski definition) is 2. The lowest BCUT2D eigenvalue weighted by molar-refractivity contribution is -0.124. The van der Waals surface area contributed by atoms with Crippen molar-refractivity contribution in [3.8, 4) is 0 Å². The molecule has 2 fully saturated rings. The monoisotopic (exact) mass is 291 g/mol. The predicted octanol–water partition coefficient (Wildman–Crippen LogP) is 2.10. The van der Waals surface area contributed by atoms with E-state index in [2.05, 4.69) is 10.6 Å². The second-order valence-electron chi connectivity index (χ2n) is 5.54. The Morgan fingerprint density at radius 2 is 1.95 bits per heavy atom. The highest BCUT2D eigenvalue weighted by Gasteiger charge is 2.36. The molecule has 1 saturated heterocycles. The molecule has 5 nitrogen and oxygen atoms in total. The van der Waals surface area contributed by atoms with E-state index in [1.807, 2.05) is 0 Å². The number of carbonyl (C=O) groups excluding carboxylic acids is 2. The topological polar surface area (TPSA) is 61.4 Å². The van der Waals surface area contributed by atoms with E-state index in [-0.39, 0.29) is 17.6 Å². The molecule has 0 radical (unpaired) electrons. The molecule has 2 N–H and O–H groups in total. The summed E-state index contributed by atoms with van der Waals surface area (Å²) in [6.45, 7) is 0.517. The highest BCUT2D eigenvalue weighted by molar-refractivity contribution is 5.94. The minimum absolute atomic E-state index is 0.0984. The first-order valence-corrected chi connectivity index (χ1v) is 7.27. The Balaban J connectivity index is 1.65. The zero-order valence-corrected chi connectivity index (χ0v) is 11.6. The first-order chi connectivity index (χ1) is 10.1. The Bertz CT molecular complexity index is 560. The smallest absolute Gasteiger partial charge is 0.322 e. The molecule has 3 rings (SSSR count). The van der Waals surface area contributed by atoms with Gasteiger partial charge >= 0.3 is 6.03 Å². The van der Waals surface area contributed by atoms with Crippen LogP contribution in [-0.2, 0) is 4.79 Å². The van der Waals surface area contributed by atoms with Gasteiger partial charge in [-0.1, -0.05) is 12.1 Å². The average molecular weight is 291 g/mol. The van der Waals surface area contributed by atoms with Crippen molar-refractivity contribution in [3.63, 3.8) is 0 Å². The molecule has 1 atom stereocenters. The van der Waals surface area contributed by atoms with E-state index in [0.29, 0.717) is 13.0 Å². The molecule has 1 saturated carbocycles. The van der Waals surface area contributed by atoms with Crippen molar-refractivity contribution in [2.24, 2.45) is 0 Å². The van der Waals surface area contributed by atoms with Gasteiger partial charge in [-0.25, -0.2) is 9.18 Å². The Labute approximate surface area is 122 Å². The molecule has 1 heterocycles. The van der Waals surface area contributed by atoms with E-state index >= 15 is 0 Å². The average Bonchev–Trinajstić information content (AvgIpc) is 3.14. The Kier molecular flexibility index (Phi) is 3.77. The number of para-hydroxylation sites is 1. The number of nitrogens with one attached hydrogen (secondary N) is 2. The van der Waals surface area contributed by atoms with Crippen LogP contribution in [0.1, 0.15) is 25.7 Å². The minimum Gasteiger partial charge on any atom is -0.352 e. The summed E-state index contributed by atoms with van der Waals surface area (Å²) in [7, 11) is 0. The van der Waals surface area contributed by atoms with Gasteiger partial charge in [0.25, 0.3) is 0 Å². The van der Waals surface area contributed by atoms with Crippen LogP contribution in [0, 0.1) is 5.82 Å². The lowest BCUT2D eigenvalue weighted by Gasteiger charge is -2.24. The van der Waals surface area contributed by atoms with Crippen LogP contribution in [-0.4, -0.2) is 35.5 Å². The van der Waals surface area contributed by atoms with E-state index in [1.165, 1.54) is 17.0 Å². The largest absolute Gasteiger partial charge is 0.352 e. The van der Waals surface area contributed by atoms with Crippen LogP contribution in [0.4, 0.5) is 14.9 Å². The van der Waals surface area contributed by atoms with Gasteiger partial charge in [0.05, 0.1) is 5.69 Å². The second kappa shape index (κ2) is 5.71. The SMILES string of the molecule is O=C(NC1CC1)C1CCCN1C(=O)Nc1ccccc1F. The highest BCUT2D eigenvalue weighted by Crippen LogP contribution is 2.23. The number of urea groups is 1. The maximum absolute atomic E-state index is 13.6. The van der Waals surface area contributed by atoms with E-state index < -0.39 is 17.9 Å². The number of benzene rings is 1. The summed E-state index contributed by atoms with van der Waals surface area (Å²) >= 11 is 0. The minimum atomic E-state index is -0.482. The van der Waals surface area contributed by atoms with E-state index in [9.17, 15) is 14.0 Å².